The van der Waals surface area contributed by atoms with Crippen LogP contribution >= 0.6 is 0 Å². The zero-order valence-electron chi connectivity index (χ0n) is 20.5. The van der Waals surface area contributed by atoms with E-state index in [1.165, 1.54) is 31.4 Å². The van der Waals surface area contributed by atoms with E-state index in [1.807, 2.05) is 0 Å². The molecule has 4 unspecified atom stereocenters. The summed E-state index contributed by atoms with van der Waals surface area (Å²) in [6, 6.07) is 11.6. The van der Waals surface area contributed by atoms with E-state index >= 15 is 0 Å². The molecule has 2 saturated heterocycles. The zero-order valence-corrected chi connectivity index (χ0v) is 20.5. The topological polar surface area (TPSA) is 139 Å². The maximum Gasteiger partial charge on any atom is 0.324 e. The fraction of sp³-hybridized carbons (Fsp3) is 0.444. The molecule has 10 nitrogen and oxygen atoms in total. The first-order valence-electron chi connectivity index (χ1n) is 12.5. The summed E-state index contributed by atoms with van der Waals surface area (Å²) >= 11 is 0. The molecular formula is C27H29N3O7. The number of anilines is 1. The third-order valence-corrected chi connectivity index (χ3v) is 8.14. The van der Waals surface area contributed by atoms with Crippen LogP contribution in [0.1, 0.15) is 50.1 Å². The summed E-state index contributed by atoms with van der Waals surface area (Å²) in [4.78, 5) is 52.6. The number of aliphatic carboxylic acids is 1. The number of hydrogen-bond donors (Lipinski definition) is 2. The lowest BCUT2D eigenvalue weighted by molar-refractivity contribution is -0.384. The quantitative estimate of drug-likeness (QED) is 0.327. The Kier molecular flexibility index (Phi) is 6.45. The molecule has 1 saturated carbocycles. The summed E-state index contributed by atoms with van der Waals surface area (Å²) in [6.45, 7) is 0. The average molecular weight is 508 g/mol. The Morgan fingerprint density at radius 2 is 1.86 bits per heavy atom. The lowest BCUT2D eigenvalue weighted by atomic mass is 9.72. The molecule has 3 aliphatic rings. The predicted octanol–water partition coefficient (Wildman–Crippen LogP) is 3.85. The van der Waals surface area contributed by atoms with Crippen LogP contribution in [0.2, 0.25) is 0 Å². The number of benzene rings is 2. The van der Waals surface area contributed by atoms with Gasteiger partial charge in [-0.25, -0.2) is 4.90 Å². The van der Waals surface area contributed by atoms with Gasteiger partial charge in [-0.15, -0.1) is 0 Å². The number of carboxylic acid groups (broad SMARTS) is 1. The molecule has 0 radical (unpaired) electrons. The minimum Gasteiger partial charge on any atom is -0.496 e. The zero-order chi connectivity index (χ0) is 26.3. The molecule has 1 aliphatic carbocycles. The van der Waals surface area contributed by atoms with Crippen molar-refractivity contribution in [2.24, 2.45) is 17.8 Å². The van der Waals surface area contributed by atoms with E-state index in [2.05, 4.69) is 5.32 Å². The van der Waals surface area contributed by atoms with Crippen LogP contribution in [0.15, 0.2) is 48.5 Å². The van der Waals surface area contributed by atoms with Crippen molar-refractivity contribution in [3.05, 3.63) is 64.2 Å². The molecule has 2 amide bonds. The van der Waals surface area contributed by atoms with Crippen molar-refractivity contribution in [3.63, 3.8) is 0 Å². The molecule has 3 fully saturated rings. The molecule has 2 N–H and O–H groups in total. The Morgan fingerprint density at radius 1 is 1.14 bits per heavy atom. The molecule has 37 heavy (non-hydrogen) atoms. The second-order valence-corrected chi connectivity index (χ2v) is 10.1. The number of nitro benzene ring substituents is 1. The summed E-state index contributed by atoms with van der Waals surface area (Å²) in [7, 11) is 1.49. The Bertz CT molecular complexity index is 1260. The van der Waals surface area contributed by atoms with Crippen LogP contribution in [0.4, 0.5) is 11.4 Å². The van der Waals surface area contributed by atoms with Crippen LogP contribution in [0.3, 0.4) is 0 Å². The third kappa shape index (κ3) is 4.05. The SMILES string of the molecule is COc1ccccc1C1NC(CC2CCCCC2)(C(=O)O)C2C(=O)N(c3cccc([N+](=O)[O-])c3)C(=O)C12. The van der Waals surface area contributed by atoms with Gasteiger partial charge in [-0.2, -0.15) is 0 Å². The van der Waals surface area contributed by atoms with Crippen molar-refractivity contribution in [3.8, 4) is 5.75 Å². The van der Waals surface area contributed by atoms with Gasteiger partial charge in [0, 0.05) is 23.7 Å². The Balaban J connectivity index is 1.64. The van der Waals surface area contributed by atoms with E-state index in [4.69, 9.17) is 4.74 Å². The Labute approximate surface area is 213 Å². The lowest BCUT2D eigenvalue weighted by Gasteiger charge is -2.35. The van der Waals surface area contributed by atoms with Crippen molar-refractivity contribution in [2.45, 2.75) is 50.1 Å². The van der Waals surface area contributed by atoms with Crippen LogP contribution in [0.25, 0.3) is 0 Å². The first-order chi connectivity index (χ1) is 17.8. The number of nitrogens with one attached hydrogen (secondary N) is 1. The number of carbonyl (C=O) groups excluding carboxylic acids is 2. The summed E-state index contributed by atoms with van der Waals surface area (Å²) in [5.74, 6) is -4.01. The number of ether oxygens (including phenoxy) is 1. The third-order valence-electron chi connectivity index (χ3n) is 8.14. The number of rotatable bonds is 7. The van der Waals surface area contributed by atoms with Gasteiger partial charge in [0.2, 0.25) is 11.8 Å². The number of nitro groups is 1. The van der Waals surface area contributed by atoms with Gasteiger partial charge in [0.25, 0.3) is 5.69 Å². The van der Waals surface area contributed by atoms with Gasteiger partial charge >= 0.3 is 5.97 Å². The fourth-order valence-corrected chi connectivity index (χ4v) is 6.51. The number of para-hydroxylation sites is 1. The summed E-state index contributed by atoms with van der Waals surface area (Å²) in [5, 5.41) is 25.3. The van der Waals surface area contributed by atoms with E-state index in [9.17, 15) is 29.6 Å². The summed E-state index contributed by atoms with van der Waals surface area (Å²) in [5.41, 5.74) is -1.27. The van der Waals surface area contributed by atoms with Gasteiger partial charge in [0.15, 0.2) is 0 Å². The highest BCUT2D eigenvalue weighted by atomic mass is 16.6. The highest BCUT2D eigenvalue weighted by Gasteiger charge is 2.69. The molecular weight excluding hydrogens is 478 g/mol. The summed E-state index contributed by atoms with van der Waals surface area (Å²) < 4.78 is 5.53. The highest BCUT2D eigenvalue weighted by Crippen LogP contribution is 2.53. The number of carbonyl (C=O) groups is 3. The average Bonchev–Trinajstić information content (AvgIpc) is 3.38. The van der Waals surface area contributed by atoms with Gasteiger partial charge in [0.1, 0.15) is 11.3 Å². The van der Waals surface area contributed by atoms with E-state index in [0.717, 1.165) is 37.0 Å². The molecule has 0 bridgehead atoms. The molecule has 5 rings (SSSR count). The standard InChI is InChI=1S/C27H29N3O7/c1-37-20-13-6-5-12-19(20)23-21-22(27(28-23,26(33)34)15-16-8-3-2-4-9-16)25(32)29(24(21)31)17-10-7-11-18(14-17)30(35)36/h5-7,10-14,16,21-23,28H,2-4,8-9,15H2,1H3,(H,33,34). The maximum absolute atomic E-state index is 14.0. The fourth-order valence-electron chi connectivity index (χ4n) is 6.51. The lowest BCUT2D eigenvalue weighted by Crippen LogP contribution is -2.57. The molecule has 2 aliphatic heterocycles. The monoisotopic (exact) mass is 507 g/mol. The van der Waals surface area contributed by atoms with E-state index in [1.54, 1.807) is 24.3 Å². The van der Waals surface area contributed by atoms with Gasteiger partial charge in [-0.1, -0.05) is 56.4 Å². The second kappa shape index (κ2) is 9.59. The molecule has 4 atom stereocenters. The Morgan fingerprint density at radius 3 is 2.54 bits per heavy atom. The first kappa shape index (κ1) is 24.9. The smallest absolute Gasteiger partial charge is 0.324 e. The van der Waals surface area contributed by atoms with Gasteiger partial charge in [0.05, 0.1) is 29.6 Å². The number of nitrogens with zero attached hydrogens (tertiary/aromatic N) is 2. The second-order valence-electron chi connectivity index (χ2n) is 10.1. The van der Waals surface area contributed by atoms with E-state index in [-0.39, 0.29) is 23.7 Å². The number of methoxy groups -OCH3 is 1. The van der Waals surface area contributed by atoms with Crippen LogP contribution < -0.4 is 15.0 Å². The minimum absolute atomic E-state index is 0.0642. The maximum atomic E-state index is 14.0. The van der Waals surface area contributed by atoms with Crippen molar-refractivity contribution in [1.29, 1.82) is 0 Å². The molecule has 0 spiro atoms. The normalized spacial score (nSPS) is 27.8. The predicted molar refractivity (Wildman–Crippen MR) is 133 cm³/mol. The van der Waals surface area contributed by atoms with Crippen LogP contribution in [-0.2, 0) is 14.4 Å². The Hall–Kier alpha value is -3.79. The first-order valence-corrected chi connectivity index (χ1v) is 12.5. The molecule has 194 valence electrons. The van der Waals surface area contributed by atoms with Crippen molar-refractivity contribution < 1.29 is 29.2 Å². The summed E-state index contributed by atoms with van der Waals surface area (Å²) in [6.07, 6.45) is 5.04. The highest BCUT2D eigenvalue weighted by molar-refractivity contribution is 6.24. The molecule has 2 aromatic rings. The van der Waals surface area contributed by atoms with E-state index in [0.29, 0.717) is 11.3 Å². The number of amides is 2. The number of carboxylic acids is 1. The van der Waals surface area contributed by atoms with Crippen molar-refractivity contribution in [2.75, 3.05) is 12.0 Å². The molecule has 0 aromatic heterocycles. The van der Waals surface area contributed by atoms with Gasteiger partial charge in [-0.05, 0) is 24.5 Å². The number of fused-ring (bicyclic) bond motifs is 1. The van der Waals surface area contributed by atoms with E-state index < -0.39 is 46.1 Å². The van der Waals surface area contributed by atoms with Gasteiger partial charge < -0.3 is 9.84 Å². The minimum atomic E-state index is -1.67. The van der Waals surface area contributed by atoms with Gasteiger partial charge in [-0.3, -0.25) is 29.8 Å². The molecule has 10 heteroatoms. The number of hydrogen-bond acceptors (Lipinski definition) is 7. The molecule has 2 aromatic carbocycles. The number of imide groups is 1. The largest absolute Gasteiger partial charge is 0.496 e. The van der Waals surface area contributed by atoms with Crippen molar-refractivity contribution >= 4 is 29.2 Å². The van der Waals surface area contributed by atoms with Crippen LogP contribution in [-0.4, -0.2) is 40.5 Å². The van der Waals surface area contributed by atoms with Crippen molar-refractivity contribution in [1.82, 2.24) is 5.32 Å². The van der Waals surface area contributed by atoms with Crippen LogP contribution in [0, 0.1) is 27.9 Å². The number of non-ortho nitro benzene ring substituents is 1. The molecule has 2 heterocycles. The van der Waals surface area contributed by atoms with Crippen LogP contribution in [0.5, 0.6) is 5.75 Å².